The van der Waals surface area contributed by atoms with Crippen LogP contribution in [0.15, 0.2) is 66.7 Å². The van der Waals surface area contributed by atoms with Crippen molar-refractivity contribution in [1.29, 1.82) is 0 Å². The Balaban J connectivity index is 0.000000249. The molecule has 1 aromatic heterocycles. The molecular weight excluding hydrogens is 476 g/mol. The molecule has 0 saturated heterocycles. The van der Waals surface area contributed by atoms with Crippen LogP contribution in [0.5, 0.6) is 0 Å². The van der Waals surface area contributed by atoms with E-state index in [1.807, 2.05) is 94.4 Å². The van der Waals surface area contributed by atoms with Gasteiger partial charge in [-0.15, -0.1) is 0 Å². The Morgan fingerprint density at radius 1 is 1.05 bits per heavy atom. The molecular formula is C30H42N6O2. The number of nitrogens with zero attached hydrogens (tertiary/aromatic N) is 3. The van der Waals surface area contributed by atoms with Crippen LogP contribution in [-0.4, -0.2) is 58.6 Å². The first-order valence-electron chi connectivity index (χ1n) is 13.2. The minimum absolute atomic E-state index is 0.0228. The van der Waals surface area contributed by atoms with Crippen LogP contribution in [0, 0.1) is 12.8 Å². The Kier molecular flexibility index (Phi) is 10.1. The molecule has 3 aromatic rings. The molecule has 5 rings (SSSR count). The molecule has 0 radical (unpaired) electrons. The highest BCUT2D eigenvalue weighted by molar-refractivity contribution is 5.94. The van der Waals surface area contributed by atoms with Gasteiger partial charge in [0.25, 0.3) is 0 Å². The van der Waals surface area contributed by atoms with E-state index in [-0.39, 0.29) is 23.9 Å². The van der Waals surface area contributed by atoms with Crippen molar-refractivity contribution in [2.45, 2.75) is 58.7 Å². The highest BCUT2D eigenvalue weighted by Crippen LogP contribution is 2.41. The first-order chi connectivity index (χ1) is 18.1. The lowest BCUT2D eigenvalue weighted by molar-refractivity contribution is -0.117. The smallest absolute Gasteiger partial charge is 0.318 e. The number of rotatable bonds is 5. The number of amides is 3. The molecule has 204 valence electrons. The summed E-state index contributed by atoms with van der Waals surface area (Å²) in [5.41, 5.74) is 2.60. The Morgan fingerprint density at radius 2 is 1.61 bits per heavy atom. The molecule has 3 N–H and O–H groups in total. The molecule has 1 fully saturated rings. The van der Waals surface area contributed by atoms with Gasteiger partial charge in [0.15, 0.2) is 5.82 Å². The fourth-order valence-corrected chi connectivity index (χ4v) is 4.31. The van der Waals surface area contributed by atoms with Crippen molar-refractivity contribution in [2.75, 3.05) is 26.0 Å². The van der Waals surface area contributed by atoms with Gasteiger partial charge < -0.3 is 20.4 Å². The predicted octanol–water partition coefficient (Wildman–Crippen LogP) is 5.15. The molecule has 1 aliphatic carbocycles. The third-order valence-electron chi connectivity index (χ3n) is 6.52. The second kappa shape index (κ2) is 13.2. The number of aromatic amines is 1. The van der Waals surface area contributed by atoms with E-state index in [9.17, 15) is 9.59 Å². The molecule has 0 bridgehead atoms. The summed E-state index contributed by atoms with van der Waals surface area (Å²) in [7, 11) is 3.96. The van der Waals surface area contributed by atoms with E-state index in [0.717, 1.165) is 30.6 Å². The van der Waals surface area contributed by atoms with Crippen molar-refractivity contribution < 1.29 is 9.59 Å². The molecule has 1 aliphatic heterocycles. The van der Waals surface area contributed by atoms with E-state index in [2.05, 4.69) is 39.9 Å². The largest absolute Gasteiger partial charge is 0.334 e. The number of carbonyl (C=O) groups is 2. The Bertz CT molecular complexity index is 1130. The Morgan fingerprint density at radius 3 is 2.08 bits per heavy atom. The van der Waals surface area contributed by atoms with Gasteiger partial charge >= 0.3 is 6.03 Å². The zero-order valence-corrected chi connectivity index (χ0v) is 23.5. The molecule has 38 heavy (non-hydrogen) atoms. The standard InChI is InChI=1S/C17H28N6O2.C7H8.C6H6/c1-10(8-22(4)5)18-16(25)23-9-12-13(17(23,2)3)20-21-14(12)19-15(24)11-6-7-11;1-7-5-3-2-4-6-7;1-2-4-6-5-3-1/h10-11H,6-9H2,1-5H3,(H,18,25)(H2,19,20,21,24);2-6H,1H3;1-6H. The van der Waals surface area contributed by atoms with Crippen LogP contribution >= 0.6 is 0 Å². The molecule has 2 aliphatic rings. The van der Waals surface area contributed by atoms with Crippen LogP contribution in [-0.2, 0) is 16.9 Å². The SMILES string of the molecule is CC(CN(C)C)NC(=O)N1Cc2c(NC(=O)C3CC3)n[nH]c2C1(C)C.Cc1ccccc1.c1ccccc1. The molecule has 2 aromatic carbocycles. The van der Waals surface area contributed by atoms with Crippen LogP contribution in [0.3, 0.4) is 0 Å². The van der Waals surface area contributed by atoms with Gasteiger partial charge in [-0.3, -0.25) is 9.89 Å². The predicted molar refractivity (Wildman–Crippen MR) is 153 cm³/mol. The third kappa shape index (κ3) is 8.18. The summed E-state index contributed by atoms with van der Waals surface area (Å²) in [6.45, 7) is 9.25. The number of hydrogen-bond acceptors (Lipinski definition) is 4. The van der Waals surface area contributed by atoms with Gasteiger partial charge in [0.2, 0.25) is 5.91 Å². The van der Waals surface area contributed by atoms with Crippen molar-refractivity contribution in [3.63, 3.8) is 0 Å². The number of H-pyrrole nitrogens is 1. The fourth-order valence-electron chi connectivity index (χ4n) is 4.31. The highest BCUT2D eigenvalue weighted by atomic mass is 16.2. The zero-order valence-electron chi connectivity index (χ0n) is 23.5. The Labute approximate surface area is 226 Å². The summed E-state index contributed by atoms with van der Waals surface area (Å²) in [4.78, 5) is 28.6. The molecule has 0 spiro atoms. The van der Waals surface area contributed by atoms with Gasteiger partial charge in [-0.05, 0) is 54.6 Å². The number of anilines is 1. The number of nitrogens with one attached hydrogen (secondary N) is 3. The molecule has 3 amide bonds. The number of fused-ring (bicyclic) bond motifs is 1. The molecule has 1 saturated carbocycles. The van der Waals surface area contributed by atoms with Gasteiger partial charge in [0.05, 0.1) is 17.8 Å². The average molecular weight is 519 g/mol. The van der Waals surface area contributed by atoms with Crippen LogP contribution < -0.4 is 10.6 Å². The third-order valence-corrected chi connectivity index (χ3v) is 6.52. The van der Waals surface area contributed by atoms with Crippen LogP contribution in [0.25, 0.3) is 0 Å². The maximum absolute atomic E-state index is 12.7. The molecule has 2 heterocycles. The molecule has 1 atom stereocenters. The number of aryl methyl sites for hydroxylation is 1. The summed E-state index contributed by atoms with van der Waals surface area (Å²) in [5, 5.41) is 13.2. The van der Waals surface area contributed by atoms with Crippen LogP contribution in [0.1, 0.15) is 50.4 Å². The summed E-state index contributed by atoms with van der Waals surface area (Å²) in [6.07, 6.45) is 1.89. The van der Waals surface area contributed by atoms with Crippen molar-refractivity contribution in [1.82, 2.24) is 25.3 Å². The summed E-state index contributed by atoms with van der Waals surface area (Å²) < 4.78 is 0. The lowest BCUT2D eigenvalue weighted by atomic mass is 10.0. The van der Waals surface area contributed by atoms with Crippen molar-refractivity contribution in [3.8, 4) is 0 Å². The molecule has 8 nitrogen and oxygen atoms in total. The van der Waals surface area contributed by atoms with E-state index in [1.54, 1.807) is 4.90 Å². The topological polar surface area (TPSA) is 93.4 Å². The van der Waals surface area contributed by atoms with E-state index in [4.69, 9.17) is 0 Å². The number of hydrogen-bond donors (Lipinski definition) is 3. The number of benzene rings is 2. The normalized spacial score (nSPS) is 15.8. The van der Waals surface area contributed by atoms with Gasteiger partial charge in [0.1, 0.15) is 0 Å². The lowest BCUT2D eigenvalue weighted by Crippen LogP contribution is -2.50. The zero-order chi connectivity index (χ0) is 27.7. The number of aromatic nitrogens is 2. The minimum Gasteiger partial charge on any atom is -0.334 e. The van der Waals surface area contributed by atoms with Crippen molar-refractivity contribution in [3.05, 3.63) is 83.6 Å². The van der Waals surface area contributed by atoms with Gasteiger partial charge in [-0.25, -0.2) is 4.79 Å². The van der Waals surface area contributed by atoms with E-state index in [1.165, 1.54) is 5.56 Å². The number of carbonyl (C=O) groups excluding carboxylic acids is 2. The highest BCUT2D eigenvalue weighted by Gasteiger charge is 2.44. The monoisotopic (exact) mass is 518 g/mol. The van der Waals surface area contributed by atoms with Crippen LogP contribution in [0.2, 0.25) is 0 Å². The van der Waals surface area contributed by atoms with Crippen molar-refractivity contribution >= 4 is 17.8 Å². The summed E-state index contributed by atoms with van der Waals surface area (Å²) >= 11 is 0. The Hall–Kier alpha value is -3.65. The second-order valence-electron chi connectivity index (χ2n) is 10.8. The van der Waals surface area contributed by atoms with Crippen molar-refractivity contribution in [2.24, 2.45) is 5.92 Å². The maximum atomic E-state index is 12.7. The lowest BCUT2D eigenvalue weighted by Gasteiger charge is -2.33. The fraction of sp³-hybridized carbons (Fsp3) is 0.433. The first-order valence-corrected chi connectivity index (χ1v) is 13.2. The minimum atomic E-state index is -0.507. The maximum Gasteiger partial charge on any atom is 0.318 e. The summed E-state index contributed by atoms with van der Waals surface area (Å²) in [5.74, 6) is 0.694. The summed E-state index contributed by atoms with van der Waals surface area (Å²) in [6, 6.07) is 22.2. The number of likely N-dealkylation sites (N-methyl/N-ethyl adjacent to an activating group) is 1. The van der Waals surface area contributed by atoms with Gasteiger partial charge in [-0.2, -0.15) is 5.10 Å². The van der Waals surface area contributed by atoms with E-state index < -0.39 is 5.54 Å². The molecule has 8 heteroatoms. The number of urea groups is 1. The van der Waals surface area contributed by atoms with Gasteiger partial charge in [0, 0.05) is 24.1 Å². The second-order valence-corrected chi connectivity index (χ2v) is 10.8. The van der Waals surface area contributed by atoms with Crippen LogP contribution in [0.4, 0.5) is 10.6 Å². The van der Waals surface area contributed by atoms with E-state index in [0.29, 0.717) is 12.4 Å². The first kappa shape index (κ1) is 28.9. The van der Waals surface area contributed by atoms with E-state index >= 15 is 0 Å². The quantitative estimate of drug-likeness (QED) is 0.435. The average Bonchev–Trinajstić information content (AvgIpc) is 3.60. The van der Waals surface area contributed by atoms with Gasteiger partial charge in [-0.1, -0.05) is 72.3 Å². The molecule has 1 unspecified atom stereocenters.